The van der Waals surface area contributed by atoms with Crippen molar-refractivity contribution in [2.45, 2.75) is 45.1 Å². The third-order valence-corrected chi connectivity index (χ3v) is 3.57. The fourth-order valence-corrected chi connectivity index (χ4v) is 2.63. The van der Waals surface area contributed by atoms with Gasteiger partial charge in [-0.15, -0.1) is 0 Å². The number of nitrogens with zero attached hydrogens (tertiary/aromatic N) is 1. The van der Waals surface area contributed by atoms with E-state index in [-0.39, 0.29) is 17.6 Å². The lowest BCUT2D eigenvalue weighted by molar-refractivity contribution is 0.0204. The van der Waals surface area contributed by atoms with Gasteiger partial charge in [-0.2, -0.15) is 0 Å². The quantitative estimate of drug-likeness (QED) is 0.781. The Balaban J connectivity index is 1.98. The lowest BCUT2D eigenvalue weighted by Crippen LogP contribution is -2.41. The summed E-state index contributed by atoms with van der Waals surface area (Å²) in [4.78, 5) is 30.7. The highest BCUT2D eigenvalue weighted by atomic mass is 32.1. The molecular weight excluding hydrogens is 290 g/mol. The van der Waals surface area contributed by atoms with E-state index in [0.29, 0.717) is 17.9 Å². The smallest absolute Gasteiger partial charge is 0.410 e. The number of nitrogens with one attached hydrogen (secondary N) is 2. The van der Waals surface area contributed by atoms with Gasteiger partial charge < -0.3 is 14.6 Å². The summed E-state index contributed by atoms with van der Waals surface area (Å²) in [6, 6.07) is 1.55. The second-order valence-corrected chi connectivity index (χ2v) is 6.69. The Morgan fingerprint density at radius 2 is 1.95 bits per heavy atom. The number of likely N-dealkylation sites (tertiary alicyclic amines) is 1. The average Bonchev–Trinajstić information content (AvgIpc) is 2.35. The SMILES string of the molecule is CC(C)(C)OC(=O)N1CCC(c2cc(=O)[nH]c(=S)[nH]2)CC1. The second kappa shape index (κ2) is 6.01. The molecule has 0 spiro atoms. The van der Waals surface area contributed by atoms with E-state index in [1.807, 2.05) is 20.8 Å². The van der Waals surface area contributed by atoms with Gasteiger partial charge in [-0.05, 0) is 45.8 Å². The summed E-state index contributed by atoms with van der Waals surface area (Å²) >= 11 is 4.99. The third kappa shape index (κ3) is 4.42. The summed E-state index contributed by atoms with van der Waals surface area (Å²) in [6.45, 7) is 6.80. The fraction of sp³-hybridized carbons (Fsp3) is 0.643. The maximum atomic E-state index is 12.0. The van der Waals surface area contributed by atoms with E-state index in [2.05, 4.69) is 9.97 Å². The van der Waals surface area contributed by atoms with Crippen LogP contribution >= 0.6 is 12.2 Å². The van der Waals surface area contributed by atoms with Crippen molar-refractivity contribution in [3.63, 3.8) is 0 Å². The van der Waals surface area contributed by atoms with Gasteiger partial charge >= 0.3 is 6.09 Å². The Kier molecular flexibility index (Phi) is 4.51. The first-order valence-electron chi connectivity index (χ1n) is 7.06. The Hall–Kier alpha value is -1.63. The highest BCUT2D eigenvalue weighted by Crippen LogP contribution is 2.26. The van der Waals surface area contributed by atoms with Crippen LogP contribution in [0.1, 0.15) is 45.2 Å². The maximum Gasteiger partial charge on any atom is 0.410 e. The van der Waals surface area contributed by atoms with Crippen LogP contribution in [0.3, 0.4) is 0 Å². The van der Waals surface area contributed by atoms with E-state index in [9.17, 15) is 9.59 Å². The number of aromatic amines is 2. The Morgan fingerprint density at radius 3 is 2.48 bits per heavy atom. The highest BCUT2D eigenvalue weighted by Gasteiger charge is 2.27. The second-order valence-electron chi connectivity index (χ2n) is 6.28. The molecule has 1 amide bonds. The first-order valence-corrected chi connectivity index (χ1v) is 7.47. The van der Waals surface area contributed by atoms with Gasteiger partial charge in [0.15, 0.2) is 4.77 Å². The molecule has 0 bridgehead atoms. The number of rotatable bonds is 1. The van der Waals surface area contributed by atoms with Gasteiger partial charge in [0, 0.05) is 30.8 Å². The zero-order valence-corrected chi connectivity index (χ0v) is 13.4. The van der Waals surface area contributed by atoms with Crippen LogP contribution < -0.4 is 5.56 Å². The number of hydrogen-bond donors (Lipinski definition) is 2. The Labute approximate surface area is 128 Å². The van der Waals surface area contributed by atoms with E-state index in [4.69, 9.17) is 17.0 Å². The Morgan fingerprint density at radius 1 is 1.33 bits per heavy atom. The van der Waals surface area contributed by atoms with Gasteiger partial charge in [-0.3, -0.25) is 9.78 Å². The van der Waals surface area contributed by atoms with Crippen molar-refractivity contribution in [3.05, 3.63) is 26.9 Å². The molecule has 0 atom stereocenters. The molecule has 1 aromatic rings. The van der Waals surface area contributed by atoms with Crippen molar-refractivity contribution in [2.24, 2.45) is 0 Å². The van der Waals surface area contributed by atoms with Crippen molar-refractivity contribution in [1.29, 1.82) is 0 Å². The minimum Gasteiger partial charge on any atom is -0.444 e. The molecule has 0 saturated carbocycles. The predicted octanol–water partition coefficient (Wildman–Crippen LogP) is 2.55. The fourth-order valence-electron chi connectivity index (χ4n) is 2.41. The normalized spacial score (nSPS) is 16.8. The molecule has 2 N–H and O–H groups in total. The largest absolute Gasteiger partial charge is 0.444 e. The zero-order valence-electron chi connectivity index (χ0n) is 12.6. The van der Waals surface area contributed by atoms with Crippen LogP contribution in [0.5, 0.6) is 0 Å². The molecule has 21 heavy (non-hydrogen) atoms. The molecule has 0 aliphatic carbocycles. The van der Waals surface area contributed by atoms with Crippen molar-refractivity contribution in [2.75, 3.05) is 13.1 Å². The van der Waals surface area contributed by atoms with Crippen molar-refractivity contribution >= 4 is 18.3 Å². The van der Waals surface area contributed by atoms with Crippen molar-refractivity contribution < 1.29 is 9.53 Å². The van der Waals surface area contributed by atoms with Gasteiger partial charge in [-0.1, -0.05) is 0 Å². The van der Waals surface area contributed by atoms with Crippen LogP contribution in [0.2, 0.25) is 0 Å². The lowest BCUT2D eigenvalue weighted by atomic mass is 9.93. The number of H-pyrrole nitrogens is 2. The van der Waals surface area contributed by atoms with Gasteiger partial charge in [-0.25, -0.2) is 4.79 Å². The first-order chi connectivity index (χ1) is 9.74. The van der Waals surface area contributed by atoms with Crippen LogP contribution in [0.25, 0.3) is 0 Å². The minimum absolute atomic E-state index is 0.191. The highest BCUT2D eigenvalue weighted by molar-refractivity contribution is 7.71. The number of piperidine rings is 1. The molecular formula is C14H21N3O3S. The molecule has 2 heterocycles. The molecule has 1 aliphatic rings. The maximum absolute atomic E-state index is 12.0. The first kappa shape index (κ1) is 15.8. The number of hydrogen-bond acceptors (Lipinski definition) is 4. The van der Waals surface area contributed by atoms with Crippen LogP contribution in [0.4, 0.5) is 4.79 Å². The molecule has 7 heteroatoms. The lowest BCUT2D eigenvalue weighted by Gasteiger charge is -2.33. The van der Waals surface area contributed by atoms with Gasteiger partial charge in [0.25, 0.3) is 5.56 Å². The van der Waals surface area contributed by atoms with E-state index < -0.39 is 5.60 Å². The average molecular weight is 311 g/mol. The molecule has 0 radical (unpaired) electrons. The van der Waals surface area contributed by atoms with Crippen LogP contribution in [0.15, 0.2) is 10.9 Å². The number of aromatic nitrogens is 2. The summed E-state index contributed by atoms with van der Waals surface area (Å²) in [5.41, 5.74) is 0.168. The number of carbonyl (C=O) groups is 1. The molecule has 6 nitrogen and oxygen atoms in total. The predicted molar refractivity (Wildman–Crippen MR) is 82.0 cm³/mol. The summed E-state index contributed by atoms with van der Waals surface area (Å²) in [6.07, 6.45) is 1.29. The van der Waals surface area contributed by atoms with Crippen LogP contribution in [-0.2, 0) is 4.74 Å². The zero-order chi connectivity index (χ0) is 15.6. The van der Waals surface area contributed by atoms with E-state index in [1.165, 1.54) is 0 Å². The van der Waals surface area contributed by atoms with Gasteiger partial charge in [0.1, 0.15) is 5.60 Å². The summed E-state index contributed by atoms with van der Waals surface area (Å²) in [5.74, 6) is 0.215. The van der Waals surface area contributed by atoms with E-state index >= 15 is 0 Å². The summed E-state index contributed by atoms with van der Waals surface area (Å²) in [5, 5.41) is 0. The van der Waals surface area contributed by atoms with E-state index in [0.717, 1.165) is 18.5 Å². The third-order valence-electron chi connectivity index (χ3n) is 3.37. The Bertz CT molecular complexity index is 593. The molecule has 0 unspecified atom stereocenters. The number of ether oxygens (including phenoxy) is 1. The minimum atomic E-state index is -0.480. The summed E-state index contributed by atoms with van der Waals surface area (Å²) < 4.78 is 5.70. The van der Waals surface area contributed by atoms with E-state index in [1.54, 1.807) is 11.0 Å². The monoisotopic (exact) mass is 311 g/mol. The van der Waals surface area contributed by atoms with Crippen molar-refractivity contribution in [1.82, 2.24) is 14.9 Å². The number of carbonyl (C=O) groups excluding carboxylic acids is 1. The molecule has 1 saturated heterocycles. The molecule has 1 aliphatic heterocycles. The molecule has 1 aromatic heterocycles. The molecule has 0 aromatic carbocycles. The molecule has 2 rings (SSSR count). The number of amides is 1. The van der Waals surface area contributed by atoms with Crippen LogP contribution in [-0.4, -0.2) is 39.7 Å². The van der Waals surface area contributed by atoms with Crippen LogP contribution in [0, 0.1) is 4.77 Å². The van der Waals surface area contributed by atoms with Crippen molar-refractivity contribution in [3.8, 4) is 0 Å². The van der Waals surface area contributed by atoms with Gasteiger partial charge in [0.2, 0.25) is 0 Å². The summed E-state index contributed by atoms with van der Waals surface area (Å²) in [7, 11) is 0. The standard InChI is InChI=1S/C14H21N3O3S/c1-14(2,3)20-13(19)17-6-4-9(5-7-17)10-8-11(18)16-12(21)15-10/h8-9H,4-7H2,1-3H3,(H2,15,16,18,21). The topological polar surface area (TPSA) is 78.2 Å². The molecule has 1 fully saturated rings. The molecule has 116 valence electrons. The van der Waals surface area contributed by atoms with Gasteiger partial charge in [0.05, 0.1) is 0 Å².